The van der Waals surface area contributed by atoms with E-state index in [0.717, 1.165) is 40.9 Å². The van der Waals surface area contributed by atoms with E-state index < -0.39 is 5.97 Å². The second-order valence-corrected chi connectivity index (χ2v) is 10.9. The number of carbonyl (C=O) groups is 2. The highest BCUT2D eigenvalue weighted by Gasteiger charge is 2.25. The number of rotatable bonds is 9. The van der Waals surface area contributed by atoms with Crippen LogP contribution in [-0.2, 0) is 16.1 Å². The highest BCUT2D eigenvalue weighted by Crippen LogP contribution is 2.38. The number of esters is 1. The number of hydrogen-bond acceptors (Lipinski definition) is 7. The highest BCUT2D eigenvalue weighted by molar-refractivity contribution is 7.99. The number of carbonyl (C=O) groups excluding carboxylic acids is 2. The van der Waals surface area contributed by atoms with E-state index in [4.69, 9.17) is 4.74 Å². The lowest BCUT2D eigenvalue weighted by molar-refractivity contribution is -0.113. The molecule has 0 spiro atoms. The smallest absolute Gasteiger partial charge is 0.341 e. The largest absolute Gasteiger partial charge is 0.465 e. The van der Waals surface area contributed by atoms with Crippen molar-refractivity contribution >= 4 is 40.0 Å². The van der Waals surface area contributed by atoms with Crippen molar-refractivity contribution in [3.05, 3.63) is 58.7 Å². The molecule has 190 valence electrons. The van der Waals surface area contributed by atoms with Crippen molar-refractivity contribution in [2.45, 2.75) is 63.6 Å². The maximum Gasteiger partial charge on any atom is 0.341 e. The van der Waals surface area contributed by atoms with Crippen LogP contribution in [0.3, 0.4) is 0 Å². The number of aryl methyl sites for hydroxylation is 2. The third-order valence-corrected chi connectivity index (χ3v) is 8.34. The summed E-state index contributed by atoms with van der Waals surface area (Å²) in [5.41, 5.74) is 4.24. The molecule has 0 saturated heterocycles. The van der Waals surface area contributed by atoms with Gasteiger partial charge in [-0.1, -0.05) is 60.9 Å². The Morgan fingerprint density at radius 3 is 2.72 bits per heavy atom. The van der Waals surface area contributed by atoms with E-state index in [2.05, 4.69) is 26.7 Å². The van der Waals surface area contributed by atoms with Gasteiger partial charge in [-0.05, 0) is 37.8 Å². The minimum atomic E-state index is -0.474. The number of hydrogen-bond donors (Lipinski definition) is 1. The van der Waals surface area contributed by atoms with E-state index in [0.29, 0.717) is 28.2 Å². The first kappa shape index (κ1) is 26.2. The average Bonchev–Trinajstić information content (AvgIpc) is 3.48. The number of thioether (sulfide) groups is 1. The summed E-state index contributed by atoms with van der Waals surface area (Å²) in [5, 5.41) is 14.9. The number of anilines is 1. The Bertz CT molecular complexity index is 1260. The molecule has 9 heteroatoms. The minimum absolute atomic E-state index is 0.150. The summed E-state index contributed by atoms with van der Waals surface area (Å²) in [6, 6.07) is 6.11. The standard InChI is InChI=1S/C27H32N4O3S2/c1-5-13-31-24(19-9-7-6-8-10-19)29-30-27(31)36-16-22(32)28-25-23(26(33)34-4)21(15-35-25)20-14-17(2)11-12-18(20)3/h5,11-12,14-15,19H,1,6-10,13,16H2,2-4H3,(H,28,32). The second kappa shape index (κ2) is 11.9. The quantitative estimate of drug-likeness (QED) is 0.199. The third kappa shape index (κ3) is 5.73. The summed E-state index contributed by atoms with van der Waals surface area (Å²) < 4.78 is 7.14. The normalized spacial score (nSPS) is 14.0. The lowest BCUT2D eigenvalue weighted by Gasteiger charge is -2.21. The zero-order valence-corrected chi connectivity index (χ0v) is 22.6. The van der Waals surface area contributed by atoms with Crippen molar-refractivity contribution in [1.29, 1.82) is 0 Å². The number of methoxy groups -OCH3 is 1. The molecule has 36 heavy (non-hydrogen) atoms. The summed E-state index contributed by atoms with van der Waals surface area (Å²) in [4.78, 5) is 25.7. The Morgan fingerprint density at radius 2 is 2.00 bits per heavy atom. The lowest BCUT2D eigenvalue weighted by Crippen LogP contribution is -2.17. The molecule has 1 amide bonds. The molecule has 1 aromatic carbocycles. The van der Waals surface area contributed by atoms with E-state index in [1.807, 2.05) is 43.5 Å². The van der Waals surface area contributed by atoms with Gasteiger partial charge < -0.3 is 14.6 Å². The lowest BCUT2D eigenvalue weighted by atomic mass is 9.89. The molecule has 4 rings (SSSR count). The van der Waals surface area contributed by atoms with Gasteiger partial charge in [0.05, 0.1) is 12.9 Å². The van der Waals surface area contributed by atoms with Crippen molar-refractivity contribution < 1.29 is 14.3 Å². The number of nitrogens with zero attached hydrogens (tertiary/aromatic N) is 3. The molecule has 2 heterocycles. The Morgan fingerprint density at radius 1 is 1.22 bits per heavy atom. The van der Waals surface area contributed by atoms with Crippen LogP contribution >= 0.6 is 23.1 Å². The predicted octanol–water partition coefficient (Wildman–Crippen LogP) is 6.37. The van der Waals surface area contributed by atoms with Crippen LogP contribution in [-0.4, -0.2) is 39.5 Å². The summed E-state index contributed by atoms with van der Waals surface area (Å²) in [5.74, 6) is 0.857. The fraction of sp³-hybridized carbons (Fsp3) is 0.407. The fourth-order valence-electron chi connectivity index (χ4n) is 4.64. The molecule has 1 N–H and O–H groups in total. The number of ether oxygens (including phenoxy) is 1. The van der Waals surface area contributed by atoms with Crippen LogP contribution in [0.1, 0.15) is 65.3 Å². The number of nitrogens with one attached hydrogen (secondary N) is 1. The molecule has 0 bridgehead atoms. The Labute approximate surface area is 220 Å². The molecular weight excluding hydrogens is 492 g/mol. The first-order chi connectivity index (χ1) is 17.4. The number of aromatic nitrogens is 3. The monoisotopic (exact) mass is 524 g/mol. The molecule has 2 aromatic heterocycles. The van der Waals surface area contributed by atoms with Gasteiger partial charge in [0, 0.05) is 23.4 Å². The zero-order valence-electron chi connectivity index (χ0n) is 21.0. The summed E-state index contributed by atoms with van der Waals surface area (Å²) in [6.07, 6.45) is 7.78. The van der Waals surface area contributed by atoms with Gasteiger partial charge in [-0.2, -0.15) is 0 Å². The van der Waals surface area contributed by atoms with Crippen LogP contribution in [0.2, 0.25) is 0 Å². The topological polar surface area (TPSA) is 86.1 Å². The van der Waals surface area contributed by atoms with E-state index in [1.54, 1.807) is 0 Å². The van der Waals surface area contributed by atoms with Crippen molar-refractivity contribution in [1.82, 2.24) is 14.8 Å². The zero-order chi connectivity index (χ0) is 25.7. The molecule has 1 aliphatic rings. The third-order valence-electron chi connectivity index (χ3n) is 6.48. The van der Waals surface area contributed by atoms with E-state index in [1.165, 1.54) is 49.5 Å². The molecule has 1 aliphatic carbocycles. The Hall–Kier alpha value is -2.91. The van der Waals surface area contributed by atoms with Crippen LogP contribution in [0.25, 0.3) is 11.1 Å². The van der Waals surface area contributed by atoms with E-state index in [-0.39, 0.29) is 11.7 Å². The number of benzene rings is 1. The van der Waals surface area contributed by atoms with Gasteiger partial charge in [0.15, 0.2) is 5.16 Å². The van der Waals surface area contributed by atoms with Gasteiger partial charge in [-0.25, -0.2) is 4.79 Å². The summed E-state index contributed by atoms with van der Waals surface area (Å²) in [7, 11) is 1.35. The van der Waals surface area contributed by atoms with Crippen molar-refractivity contribution in [2.24, 2.45) is 0 Å². The highest BCUT2D eigenvalue weighted by atomic mass is 32.2. The second-order valence-electron chi connectivity index (χ2n) is 9.08. The number of allylic oxidation sites excluding steroid dienone is 1. The molecule has 0 unspecified atom stereocenters. The van der Waals surface area contributed by atoms with Gasteiger partial charge in [0.1, 0.15) is 16.4 Å². The van der Waals surface area contributed by atoms with E-state index >= 15 is 0 Å². The average molecular weight is 525 g/mol. The number of amides is 1. The molecule has 0 aliphatic heterocycles. The van der Waals surface area contributed by atoms with Crippen LogP contribution in [0.4, 0.5) is 5.00 Å². The van der Waals surface area contributed by atoms with Crippen molar-refractivity contribution in [3.8, 4) is 11.1 Å². The Kier molecular flexibility index (Phi) is 8.64. The van der Waals surface area contributed by atoms with Crippen LogP contribution in [0, 0.1) is 13.8 Å². The maximum atomic E-state index is 12.9. The van der Waals surface area contributed by atoms with E-state index in [9.17, 15) is 9.59 Å². The van der Waals surface area contributed by atoms with Gasteiger partial charge in [0.2, 0.25) is 5.91 Å². The first-order valence-corrected chi connectivity index (χ1v) is 14.0. The van der Waals surface area contributed by atoms with Gasteiger partial charge >= 0.3 is 5.97 Å². The molecule has 3 aromatic rings. The summed E-state index contributed by atoms with van der Waals surface area (Å²) >= 11 is 2.67. The van der Waals surface area contributed by atoms with Crippen LogP contribution in [0.15, 0.2) is 41.4 Å². The summed E-state index contributed by atoms with van der Waals surface area (Å²) in [6.45, 7) is 8.51. The van der Waals surface area contributed by atoms with Crippen LogP contribution in [0.5, 0.6) is 0 Å². The van der Waals surface area contributed by atoms with Crippen LogP contribution < -0.4 is 5.32 Å². The first-order valence-electron chi connectivity index (χ1n) is 12.2. The predicted molar refractivity (Wildman–Crippen MR) is 146 cm³/mol. The molecule has 1 fully saturated rings. The number of thiophene rings is 1. The SMILES string of the molecule is C=CCn1c(SCC(=O)Nc2scc(-c3cc(C)ccc3C)c2C(=O)OC)nnc1C1CCCCC1. The minimum Gasteiger partial charge on any atom is -0.465 e. The molecule has 0 atom stereocenters. The Balaban J connectivity index is 1.51. The van der Waals surface area contributed by atoms with Gasteiger partial charge in [-0.15, -0.1) is 28.1 Å². The molecule has 0 radical (unpaired) electrons. The fourth-order valence-corrected chi connectivity index (χ4v) is 6.36. The maximum absolute atomic E-state index is 12.9. The molecule has 1 saturated carbocycles. The van der Waals surface area contributed by atoms with Gasteiger partial charge in [-0.3, -0.25) is 4.79 Å². The van der Waals surface area contributed by atoms with Crippen molar-refractivity contribution in [2.75, 3.05) is 18.2 Å². The van der Waals surface area contributed by atoms with Crippen molar-refractivity contribution in [3.63, 3.8) is 0 Å². The molecule has 7 nitrogen and oxygen atoms in total. The molecular formula is C27H32N4O3S2. The van der Waals surface area contributed by atoms with Gasteiger partial charge in [0.25, 0.3) is 0 Å².